The van der Waals surface area contributed by atoms with Crippen molar-refractivity contribution in [2.24, 2.45) is 5.92 Å². The molecule has 0 spiro atoms. The van der Waals surface area contributed by atoms with Crippen LogP contribution in [0, 0.1) is 5.92 Å². The Hall–Kier alpha value is 0.400. The number of alkyl halides is 1. The van der Waals surface area contributed by atoms with Gasteiger partial charge >= 0.3 is 0 Å². The molecule has 0 bridgehead atoms. The van der Waals surface area contributed by atoms with E-state index in [4.69, 9.17) is 0 Å². The fraction of sp³-hybridized carbons (Fsp3) is 1.00. The van der Waals surface area contributed by atoms with E-state index in [2.05, 4.69) is 25.7 Å². The number of rotatable bonds is 6. The Balaban J connectivity index is 1.57. The third kappa shape index (κ3) is 4.88. The Morgan fingerprint density at radius 2 is 1.59 bits per heavy atom. The molecule has 0 aliphatic carbocycles. The highest BCUT2D eigenvalue weighted by atomic mass is 79.9. The molecule has 17 heavy (non-hydrogen) atoms. The molecule has 0 aromatic carbocycles. The summed E-state index contributed by atoms with van der Waals surface area (Å²) in [6.45, 7) is 8.13. The van der Waals surface area contributed by atoms with E-state index in [1.807, 2.05) is 0 Å². The first-order valence-electron chi connectivity index (χ1n) is 7.39. The second kappa shape index (κ2) is 7.75. The minimum Gasteiger partial charge on any atom is -0.303 e. The van der Waals surface area contributed by atoms with Crippen LogP contribution in [0.15, 0.2) is 0 Å². The van der Waals surface area contributed by atoms with Crippen molar-refractivity contribution in [3.8, 4) is 0 Å². The van der Waals surface area contributed by atoms with Crippen LogP contribution < -0.4 is 0 Å². The number of nitrogens with zero attached hydrogens (tertiary/aromatic N) is 2. The largest absolute Gasteiger partial charge is 0.303 e. The number of halogens is 1. The quantitative estimate of drug-likeness (QED) is 0.550. The second-order valence-electron chi connectivity index (χ2n) is 5.69. The van der Waals surface area contributed by atoms with E-state index in [1.54, 1.807) is 0 Å². The van der Waals surface area contributed by atoms with Crippen molar-refractivity contribution in [3.05, 3.63) is 0 Å². The van der Waals surface area contributed by atoms with Gasteiger partial charge in [-0.15, -0.1) is 0 Å². The predicted molar refractivity (Wildman–Crippen MR) is 77.9 cm³/mol. The molecule has 0 atom stereocenters. The van der Waals surface area contributed by atoms with Crippen LogP contribution in [-0.2, 0) is 0 Å². The second-order valence-corrected chi connectivity index (χ2v) is 6.48. The van der Waals surface area contributed by atoms with Crippen LogP contribution in [0.2, 0.25) is 0 Å². The summed E-state index contributed by atoms with van der Waals surface area (Å²) >= 11 is 3.51. The third-order valence-corrected chi connectivity index (χ3v) is 4.84. The molecule has 0 radical (unpaired) electrons. The topological polar surface area (TPSA) is 6.48 Å². The lowest BCUT2D eigenvalue weighted by Crippen LogP contribution is -2.38. The molecule has 0 aromatic heterocycles. The van der Waals surface area contributed by atoms with E-state index in [1.165, 1.54) is 83.1 Å². The maximum Gasteiger partial charge on any atom is 0.00317 e. The summed E-state index contributed by atoms with van der Waals surface area (Å²) in [5.74, 6) is 0.987. The summed E-state index contributed by atoms with van der Waals surface area (Å²) in [7, 11) is 0. The molecule has 2 rings (SSSR count). The molecular formula is C14H27BrN2. The molecule has 2 nitrogen and oxygen atoms in total. The lowest BCUT2D eigenvalue weighted by molar-refractivity contribution is 0.153. The van der Waals surface area contributed by atoms with Gasteiger partial charge in [-0.3, -0.25) is 0 Å². The Morgan fingerprint density at radius 3 is 2.24 bits per heavy atom. The average molecular weight is 303 g/mol. The van der Waals surface area contributed by atoms with Crippen molar-refractivity contribution in [3.63, 3.8) is 0 Å². The maximum absolute atomic E-state index is 3.51. The summed E-state index contributed by atoms with van der Waals surface area (Å²) in [5, 5.41) is 1.17. The number of hydrogen-bond acceptors (Lipinski definition) is 2. The molecule has 0 unspecified atom stereocenters. The van der Waals surface area contributed by atoms with Crippen LogP contribution in [0.4, 0.5) is 0 Å². The van der Waals surface area contributed by atoms with E-state index in [0.717, 1.165) is 5.92 Å². The van der Waals surface area contributed by atoms with Gasteiger partial charge in [-0.2, -0.15) is 0 Å². The van der Waals surface area contributed by atoms with Crippen LogP contribution in [0.3, 0.4) is 0 Å². The number of likely N-dealkylation sites (tertiary alicyclic amines) is 2. The molecular weight excluding hydrogens is 276 g/mol. The number of unbranched alkanes of at least 4 members (excludes halogenated alkanes) is 1. The van der Waals surface area contributed by atoms with Crippen LogP contribution >= 0.6 is 15.9 Å². The van der Waals surface area contributed by atoms with Crippen LogP contribution in [-0.4, -0.2) is 54.4 Å². The number of piperidine rings is 1. The Kier molecular flexibility index (Phi) is 6.30. The average Bonchev–Trinajstić information content (AvgIpc) is 2.85. The first-order valence-corrected chi connectivity index (χ1v) is 8.51. The van der Waals surface area contributed by atoms with E-state index in [9.17, 15) is 0 Å². The van der Waals surface area contributed by atoms with Gasteiger partial charge in [0.05, 0.1) is 0 Å². The standard InChI is InChI=1S/C14H27BrN2/c15-7-1-2-8-16-11-5-14(6-12-16)13-17-9-3-4-10-17/h14H,1-13H2. The monoisotopic (exact) mass is 302 g/mol. The molecule has 2 aliphatic rings. The van der Waals surface area contributed by atoms with Crippen molar-refractivity contribution in [2.75, 3.05) is 44.6 Å². The van der Waals surface area contributed by atoms with Gasteiger partial charge < -0.3 is 9.80 Å². The van der Waals surface area contributed by atoms with Crippen molar-refractivity contribution < 1.29 is 0 Å². The van der Waals surface area contributed by atoms with Crippen molar-refractivity contribution in [1.82, 2.24) is 9.80 Å². The van der Waals surface area contributed by atoms with Gasteiger partial charge in [0, 0.05) is 11.9 Å². The molecule has 0 amide bonds. The van der Waals surface area contributed by atoms with Gasteiger partial charge in [-0.05, 0) is 77.2 Å². The number of hydrogen-bond donors (Lipinski definition) is 0. The Bertz CT molecular complexity index is 196. The van der Waals surface area contributed by atoms with Crippen molar-refractivity contribution in [2.45, 2.75) is 38.5 Å². The van der Waals surface area contributed by atoms with E-state index >= 15 is 0 Å². The lowest BCUT2D eigenvalue weighted by Gasteiger charge is -2.33. The van der Waals surface area contributed by atoms with E-state index < -0.39 is 0 Å². The summed E-state index contributed by atoms with van der Waals surface area (Å²) < 4.78 is 0. The van der Waals surface area contributed by atoms with Crippen LogP contribution in [0.5, 0.6) is 0 Å². The summed E-state index contributed by atoms with van der Waals surface area (Å²) in [5.41, 5.74) is 0. The van der Waals surface area contributed by atoms with E-state index in [-0.39, 0.29) is 0 Å². The molecule has 2 fully saturated rings. The molecule has 2 saturated heterocycles. The maximum atomic E-state index is 3.51. The van der Waals surface area contributed by atoms with Crippen LogP contribution in [0.1, 0.15) is 38.5 Å². The van der Waals surface area contributed by atoms with Gasteiger partial charge in [0.1, 0.15) is 0 Å². The molecule has 2 aliphatic heterocycles. The summed E-state index contributed by atoms with van der Waals surface area (Å²) in [6.07, 6.45) is 8.43. The Morgan fingerprint density at radius 1 is 0.882 bits per heavy atom. The fourth-order valence-corrected chi connectivity index (χ4v) is 3.55. The minimum absolute atomic E-state index is 0.987. The van der Waals surface area contributed by atoms with E-state index in [0.29, 0.717) is 0 Å². The third-order valence-electron chi connectivity index (χ3n) is 4.28. The molecule has 3 heteroatoms. The first-order chi connectivity index (χ1) is 8.38. The molecule has 0 N–H and O–H groups in total. The van der Waals surface area contributed by atoms with Crippen molar-refractivity contribution >= 4 is 15.9 Å². The highest BCUT2D eigenvalue weighted by molar-refractivity contribution is 9.09. The van der Waals surface area contributed by atoms with Gasteiger partial charge in [0.15, 0.2) is 0 Å². The first kappa shape index (κ1) is 13.8. The smallest absolute Gasteiger partial charge is 0.00317 e. The minimum atomic E-state index is 0.987. The summed E-state index contributed by atoms with van der Waals surface area (Å²) in [4.78, 5) is 5.36. The SMILES string of the molecule is BrCCCCN1CCC(CN2CCCC2)CC1. The van der Waals surface area contributed by atoms with Crippen LogP contribution in [0.25, 0.3) is 0 Å². The van der Waals surface area contributed by atoms with Gasteiger partial charge in [0.2, 0.25) is 0 Å². The predicted octanol–water partition coefficient (Wildman–Crippen LogP) is 2.97. The van der Waals surface area contributed by atoms with Crippen molar-refractivity contribution in [1.29, 1.82) is 0 Å². The molecule has 100 valence electrons. The Labute approximate surface area is 115 Å². The zero-order chi connectivity index (χ0) is 11.9. The highest BCUT2D eigenvalue weighted by Gasteiger charge is 2.22. The fourth-order valence-electron chi connectivity index (χ4n) is 3.15. The zero-order valence-electron chi connectivity index (χ0n) is 11.0. The van der Waals surface area contributed by atoms with Gasteiger partial charge in [-0.1, -0.05) is 15.9 Å². The molecule has 2 heterocycles. The normalized spacial score (nSPS) is 24.5. The molecule has 0 saturated carbocycles. The molecule has 0 aromatic rings. The van der Waals surface area contributed by atoms with Gasteiger partial charge in [-0.25, -0.2) is 0 Å². The summed E-state index contributed by atoms with van der Waals surface area (Å²) in [6, 6.07) is 0. The van der Waals surface area contributed by atoms with Gasteiger partial charge in [0.25, 0.3) is 0 Å². The lowest BCUT2D eigenvalue weighted by atomic mass is 9.96. The zero-order valence-corrected chi connectivity index (χ0v) is 12.6. The highest BCUT2D eigenvalue weighted by Crippen LogP contribution is 2.20.